The van der Waals surface area contributed by atoms with Crippen molar-refractivity contribution in [2.45, 2.75) is 0 Å². The number of halogens is 1. The molecule has 2 aromatic rings. The molecule has 1 aliphatic rings. The van der Waals surface area contributed by atoms with Gasteiger partial charge in [-0.1, -0.05) is 17.7 Å². The van der Waals surface area contributed by atoms with E-state index in [1.807, 2.05) is 0 Å². The molecule has 0 aliphatic carbocycles. The highest BCUT2D eigenvalue weighted by Crippen LogP contribution is 2.28. The van der Waals surface area contributed by atoms with Crippen molar-refractivity contribution in [3.63, 3.8) is 0 Å². The molecule has 2 amide bonds. The van der Waals surface area contributed by atoms with Crippen molar-refractivity contribution in [1.29, 1.82) is 0 Å². The summed E-state index contributed by atoms with van der Waals surface area (Å²) in [7, 11) is 0. The number of anilines is 1. The van der Waals surface area contributed by atoms with Crippen LogP contribution in [0.15, 0.2) is 48.0 Å². The number of hydrogen-bond acceptors (Lipinski definition) is 5. The molecule has 1 heterocycles. The molecule has 0 bridgehead atoms. The van der Waals surface area contributed by atoms with Crippen LogP contribution in [-0.4, -0.2) is 21.8 Å². The zero-order valence-electron chi connectivity index (χ0n) is 12.5. The number of benzene rings is 2. The normalized spacial score (nSPS) is 15.6. The Morgan fingerprint density at radius 1 is 1.20 bits per heavy atom. The van der Waals surface area contributed by atoms with E-state index in [2.05, 4.69) is 5.43 Å². The predicted molar refractivity (Wildman–Crippen MR) is 89.8 cm³/mol. The van der Waals surface area contributed by atoms with Crippen molar-refractivity contribution in [3.05, 3.63) is 68.7 Å². The Morgan fingerprint density at radius 2 is 1.96 bits per heavy atom. The van der Waals surface area contributed by atoms with E-state index >= 15 is 0 Å². The summed E-state index contributed by atoms with van der Waals surface area (Å²) >= 11 is 5.88. The van der Waals surface area contributed by atoms with Gasteiger partial charge in [0.15, 0.2) is 0 Å². The van der Waals surface area contributed by atoms with Crippen molar-refractivity contribution >= 4 is 40.9 Å². The molecule has 0 saturated carbocycles. The molecule has 0 radical (unpaired) electrons. The minimum absolute atomic E-state index is 0.0133. The third kappa shape index (κ3) is 3.15. The summed E-state index contributed by atoms with van der Waals surface area (Å²) in [5, 5.41) is 22.1. The summed E-state index contributed by atoms with van der Waals surface area (Å²) in [6.45, 7) is 0. The van der Waals surface area contributed by atoms with Gasteiger partial charge in [0.2, 0.25) is 0 Å². The van der Waals surface area contributed by atoms with Gasteiger partial charge in [-0.15, -0.1) is 0 Å². The first kappa shape index (κ1) is 16.5. The zero-order valence-corrected chi connectivity index (χ0v) is 13.2. The Labute approximate surface area is 146 Å². The summed E-state index contributed by atoms with van der Waals surface area (Å²) < 4.78 is 0. The molecule has 0 spiro atoms. The molecule has 1 fully saturated rings. The van der Waals surface area contributed by atoms with Gasteiger partial charge in [0.05, 0.1) is 10.6 Å². The van der Waals surface area contributed by atoms with Crippen LogP contribution < -0.4 is 10.4 Å². The number of carbonyl (C=O) groups is 2. The van der Waals surface area contributed by atoms with Crippen LogP contribution in [0, 0.1) is 10.1 Å². The Kier molecular flexibility index (Phi) is 4.12. The third-order valence-corrected chi connectivity index (χ3v) is 3.71. The Bertz CT molecular complexity index is 941. The number of nitrogens with one attached hydrogen (secondary N) is 1. The molecule has 1 saturated heterocycles. The van der Waals surface area contributed by atoms with Gasteiger partial charge in [-0.25, -0.2) is 5.01 Å². The van der Waals surface area contributed by atoms with E-state index in [1.54, 1.807) is 18.2 Å². The van der Waals surface area contributed by atoms with Gasteiger partial charge in [-0.05, 0) is 30.3 Å². The van der Waals surface area contributed by atoms with Gasteiger partial charge in [-0.3, -0.25) is 25.1 Å². The number of phenolic OH excluding ortho intramolecular Hbond substituents is 1. The van der Waals surface area contributed by atoms with Crippen LogP contribution in [0.5, 0.6) is 5.75 Å². The third-order valence-electron chi connectivity index (χ3n) is 3.48. The average molecular weight is 360 g/mol. The minimum atomic E-state index is -0.698. The number of carbonyl (C=O) groups excluding carboxylic acids is 2. The van der Waals surface area contributed by atoms with Crippen molar-refractivity contribution in [3.8, 4) is 5.75 Å². The molecular weight excluding hydrogens is 350 g/mol. The van der Waals surface area contributed by atoms with Crippen molar-refractivity contribution < 1.29 is 19.6 Å². The van der Waals surface area contributed by atoms with Crippen LogP contribution in [0.25, 0.3) is 6.08 Å². The topological polar surface area (TPSA) is 113 Å². The van der Waals surface area contributed by atoms with Gasteiger partial charge < -0.3 is 5.11 Å². The number of aromatic hydroxyl groups is 1. The number of phenols is 1. The first-order valence-corrected chi connectivity index (χ1v) is 7.35. The maximum absolute atomic E-state index is 12.5. The number of non-ortho nitro benzene ring substituents is 1. The number of nitro groups is 1. The van der Waals surface area contributed by atoms with E-state index in [4.69, 9.17) is 11.6 Å². The first-order chi connectivity index (χ1) is 11.9. The molecule has 2 N–H and O–H groups in total. The standard InChI is InChI=1S/C16H10ClN3O5/c17-10-2-1-3-11(8-10)19-16(23)13(15(22)18-19)7-9-6-12(20(24)25)4-5-14(9)21/h1-8,21H,(H,18,22). The van der Waals surface area contributed by atoms with E-state index in [0.29, 0.717) is 10.7 Å². The second-order valence-electron chi connectivity index (χ2n) is 5.12. The number of hydrazine groups is 1. The van der Waals surface area contributed by atoms with Crippen LogP contribution in [-0.2, 0) is 9.59 Å². The van der Waals surface area contributed by atoms with Crippen molar-refractivity contribution in [2.24, 2.45) is 0 Å². The molecule has 126 valence electrons. The molecule has 3 rings (SSSR count). The van der Waals surface area contributed by atoms with Crippen LogP contribution in [0.1, 0.15) is 5.56 Å². The number of rotatable bonds is 3. The molecule has 1 aliphatic heterocycles. The number of nitrogens with zero attached hydrogens (tertiary/aromatic N) is 2. The van der Waals surface area contributed by atoms with E-state index in [9.17, 15) is 24.8 Å². The summed E-state index contributed by atoms with van der Waals surface area (Å²) in [6, 6.07) is 9.62. The van der Waals surface area contributed by atoms with Crippen LogP contribution >= 0.6 is 11.6 Å². The Hall–Kier alpha value is -3.39. The highest BCUT2D eigenvalue weighted by Gasteiger charge is 2.34. The molecule has 0 aromatic heterocycles. The summed E-state index contributed by atoms with van der Waals surface area (Å²) in [6.07, 6.45) is 1.10. The number of nitro benzene ring substituents is 1. The number of hydrogen-bond donors (Lipinski definition) is 2. The SMILES string of the molecule is O=C1NN(c2cccc(Cl)c2)C(=O)C1=Cc1cc([N+](=O)[O-])ccc1O. The largest absolute Gasteiger partial charge is 0.507 e. The number of amides is 2. The lowest BCUT2D eigenvalue weighted by atomic mass is 10.1. The predicted octanol–water partition coefficient (Wildman–Crippen LogP) is 2.42. The average Bonchev–Trinajstić information content (AvgIpc) is 2.84. The molecule has 25 heavy (non-hydrogen) atoms. The van der Waals surface area contributed by atoms with Crippen molar-refractivity contribution in [2.75, 3.05) is 5.01 Å². The van der Waals surface area contributed by atoms with Crippen LogP contribution in [0.4, 0.5) is 11.4 Å². The van der Waals surface area contributed by atoms with Crippen LogP contribution in [0.2, 0.25) is 5.02 Å². The molecule has 9 heteroatoms. The molecule has 8 nitrogen and oxygen atoms in total. The molecule has 0 atom stereocenters. The quantitative estimate of drug-likeness (QED) is 0.378. The van der Waals surface area contributed by atoms with E-state index in [0.717, 1.165) is 29.3 Å². The molecule has 2 aromatic carbocycles. The van der Waals surface area contributed by atoms with Gasteiger partial charge in [0.1, 0.15) is 11.3 Å². The maximum Gasteiger partial charge on any atom is 0.282 e. The first-order valence-electron chi connectivity index (χ1n) is 6.97. The van der Waals surface area contributed by atoms with Crippen molar-refractivity contribution in [1.82, 2.24) is 5.43 Å². The van der Waals surface area contributed by atoms with Gasteiger partial charge >= 0.3 is 0 Å². The Balaban J connectivity index is 1.99. The van der Waals surface area contributed by atoms with Gasteiger partial charge in [-0.2, -0.15) is 0 Å². The summed E-state index contributed by atoms with van der Waals surface area (Å²) in [4.78, 5) is 34.8. The summed E-state index contributed by atoms with van der Waals surface area (Å²) in [5.41, 5.74) is 2.18. The highest BCUT2D eigenvalue weighted by molar-refractivity contribution is 6.33. The second-order valence-corrected chi connectivity index (χ2v) is 5.56. The van der Waals surface area contributed by atoms with E-state index in [-0.39, 0.29) is 22.6 Å². The van der Waals surface area contributed by atoms with E-state index in [1.165, 1.54) is 6.07 Å². The zero-order chi connectivity index (χ0) is 18.1. The maximum atomic E-state index is 12.5. The fourth-order valence-corrected chi connectivity index (χ4v) is 2.47. The lowest BCUT2D eigenvalue weighted by Gasteiger charge is -2.14. The van der Waals surface area contributed by atoms with Gasteiger partial charge in [0, 0.05) is 22.7 Å². The lowest BCUT2D eigenvalue weighted by Crippen LogP contribution is -2.35. The minimum Gasteiger partial charge on any atom is -0.507 e. The smallest absolute Gasteiger partial charge is 0.282 e. The van der Waals surface area contributed by atoms with Gasteiger partial charge in [0.25, 0.3) is 17.5 Å². The summed E-state index contributed by atoms with van der Waals surface area (Å²) in [5.74, 6) is -1.66. The highest BCUT2D eigenvalue weighted by atomic mass is 35.5. The van der Waals surface area contributed by atoms with Crippen LogP contribution in [0.3, 0.4) is 0 Å². The fourth-order valence-electron chi connectivity index (χ4n) is 2.28. The molecule has 0 unspecified atom stereocenters. The Morgan fingerprint density at radius 3 is 2.64 bits per heavy atom. The second kappa shape index (κ2) is 6.25. The lowest BCUT2D eigenvalue weighted by molar-refractivity contribution is -0.384. The van der Waals surface area contributed by atoms with E-state index < -0.39 is 16.7 Å². The monoisotopic (exact) mass is 359 g/mol. The molecular formula is C16H10ClN3O5. The fraction of sp³-hybridized carbons (Fsp3) is 0.